The van der Waals surface area contributed by atoms with Crippen LogP contribution in [0.2, 0.25) is 0 Å². The van der Waals surface area contributed by atoms with Crippen LogP contribution in [0.4, 0.5) is 0 Å². The number of aliphatic hydroxyl groups excluding tert-OH is 1. The van der Waals surface area contributed by atoms with E-state index >= 15 is 0 Å². The molecule has 0 saturated carbocycles. The maximum atomic E-state index is 11.6. The van der Waals surface area contributed by atoms with Gasteiger partial charge in [0.25, 0.3) is 0 Å². The van der Waals surface area contributed by atoms with Crippen molar-refractivity contribution in [1.82, 2.24) is 4.90 Å². The maximum Gasteiger partial charge on any atom is 0.123 e. The number of rotatable bonds is 16. The minimum absolute atomic E-state index is 0.354. The van der Waals surface area contributed by atoms with Crippen LogP contribution in [0.1, 0.15) is 67.9 Å². The van der Waals surface area contributed by atoms with Crippen molar-refractivity contribution in [3.8, 4) is 11.5 Å². The standard InChI is InChI=1S/C36H43NO3/c1-3-4-8-15-29(2)37(25-30-16-9-5-10-17-30)26-36(38)33-22-34(39-27-31-18-11-6-12-19-31)24-35(23-33)40-28-32-20-13-7-14-21-32/h5-7,9-14,16-24,29,36,38H,3-4,8,15,25-28H2,1-2H3/t29-,36-/m0/s1. The van der Waals surface area contributed by atoms with Gasteiger partial charge in [0.15, 0.2) is 0 Å². The first-order valence-corrected chi connectivity index (χ1v) is 14.5. The van der Waals surface area contributed by atoms with Crippen LogP contribution in [0.5, 0.6) is 11.5 Å². The molecule has 4 aromatic rings. The summed E-state index contributed by atoms with van der Waals surface area (Å²) < 4.78 is 12.4. The average Bonchev–Trinajstić information content (AvgIpc) is 3.00. The third kappa shape index (κ3) is 9.55. The lowest BCUT2D eigenvalue weighted by Crippen LogP contribution is -2.36. The lowest BCUT2D eigenvalue weighted by molar-refractivity contribution is 0.0820. The van der Waals surface area contributed by atoms with E-state index in [4.69, 9.17) is 9.47 Å². The second-order valence-electron chi connectivity index (χ2n) is 10.6. The Bertz CT molecular complexity index is 1190. The number of aliphatic hydroxyl groups is 1. The summed E-state index contributed by atoms with van der Waals surface area (Å²) >= 11 is 0. The second kappa shape index (κ2) is 15.9. The molecule has 0 bridgehead atoms. The van der Waals surface area contributed by atoms with Gasteiger partial charge in [-0.2, -0.15) is 0 Å². The molecule has 0 aliphatic heterocycles. The Balaban J connectivity index is 1.53. The molecule has 210 valence electrons. The van der Waals surface area contributed by atoms with Crippen molar-refractivity contribution in [2.45, 2.75) is 71.4 Å². The number of hydrogen-bond acceptors (Lipinski definition) is 4. The van der Waals surface area contributed by atoms with E-state index in [9.17, 15) is 5.11 Å². The van der Waals surface area contributed by atoms with Crippen LogP contribution >= 0.6 is 0 Å². The molecular weight excluding hydrogens is 494 g/mol. The van der Waals surface area contributed by atoms with Crippen LogP contribution in [-0.2, 0) is 19.8 Å². The number of nitrogens with zero attached hydrogens (tertiary/aromatic N) is 1. The monoisotopic (exact) mass is 537 g/mol. The molecule has 4 aromatic carbocycles. The summed E-state index contributed by atoms with van der Waals surface area (Å²) in [4.78, 5) is 2.40. The third-order valence-electron chi connectivity index (χ3n) is 7.27. The molecule has 0 amide bonds. The Kier molecular flexibility index (Phi) is 11.6. The summed E-state index contributed by atoms with van der Waals surface area (Å²) in [5.41, 5.74) is 4.24. The molecule has 0 spiro atoms. The zero-order valence-electron chi connectivity index (χ0n) is 23.9. The largest absolute Gasteiger partial charge is 0.489 e. The lowest BCUT2D eigenvalue weighted by atomic mass is 10.0. The summed E-state index contributed by atoms with van der Waals surface area (Å²) in [5.74, 6) is 1.38. The molecule has 4 heteroatoms. The smallest absolute Gasteiger partial charge is 0.123 e. The van der Waals surface area contributed by atoms with Gasteiger partial charge in [0.05, 0.1) is 6.10 Å². The molecule has 0 fully saturated rings. The average molecular weight is 538 g/mol. The Morgan fingerprint density at radius 1 is 0.675 bits per heavy atom. The van der Waals surface area contributed by atoms with E-state index in [1.54, 1.807) is 0 Å². The first-order chi connectivity index (χ1) is 19.6. The van der Waals surface area contributed by atoms with Crippen LogP contribution in [-0.4, -0.2) is 22.6 Å². The van der Waals surface area contributed by atoms with Crippen LogP contribution in [0.15, 0.2) is 109 Å². The fourth-order valence-corrected chi connectivity index (χ4v) is 4.85. The van der Waals surface area contributed by atoms with Gasteiger partial charge >= 0.3 is 0 Å². The number of benzene rings is 4. The van der Waals surface area contributed by atoms with E-state index in [2.05, 4.69) is 43.0 Å². The zero-order valence-corrected chi connectivity index (χ0v) is 23.9. The van der Waals surface area contributed by atoms with Crippen LogP contribution in [0, 0.1) is 0 Å². The predicted molar refractivity (Wildman–Crippen MR) is 163 cm³/mol. The summed E-state index contributed by atoms with van der Waals surface area (Å²) in [6.07, 6.45) is 4.06. The van der Waals surface area contributed by atoms with Crippen LogP contribution in [0.25, 0.3) is 0 Å². The van der Waals surface area contributed by atoms with E-state index in [1.807, 2.05) is 84.9 Å². The molecule has 1 N–H and O–H groups in total. The molecule has 2 atom stereocenters. The highest BCUT2D eigenvalue weighted by atomic mass is 16.5. The summed E-state index contributed by atoms with van der Waals surface area (Å²) in [5, 5.41) is 11.6. The van der Waals surface area contributed by atoms with Crippen molar-refractivity contribution >= 4 is 0 Å². The van der Waals surface area contributed by atoms with Gasteiger partial charge in [-0.3, -0.25) is 4.90 Å². The van der Waals surface area contributed by atoms with Crippen molar-refractivity contribution in [1.29, 1.82) is 0 Å². The summed E-state index contributed by atoms with van der Waals surface area (Å²) in [6, 6.07) is 36.9. The molecule has 4 nitrogen and oxygen atoms in total. The Labute approximate surface area is 240 Å². The van der Waals surface area contributed by atoms with Crippen molar-refractivity contribution < 1.29 is 14.6 Å². The molecule has 0 aliphatic carbocycles. The molecule has 0 aliphatic rings. The van der Waals surface area contributed by atoms with Gasteiger partial charge in [-0.1, -0.05) is 117 Å². The van der Waals surface area contributed by atoms with E-state index in [0.29, 0.717) is 37.3 Å². The SMILES string of the molecule is CCCCC[C@H](C)N(Cc1ccccc1)C[C@H](O)c1cc(OCc2ccccc2)cc(OCc2ccccc2)c1. The fourth-order valence-electron chi connectivity index (χ4n) is 4.85. The highest BCUT2D eigenvalue weighted by Crippen LogP contribution is 2.29. The predicted octanol–water partition coefficient (Wildman–Crippen LogP) is 8.35. The van der Waals surface area contributed by atoms with Crippen LogP contribution < -0.4 is 9.47 Å². The summed E-state index contributed by atoms with van der Waals surface area (Å²) in [6.45, 7) is 6.75. The molecular formula is C36H43NO3. The minimum atomic E-state index is -0.684. The van der Waals surface area contributed by atoms with Gasteiger partial charge in [0, 0.05) is 25.2 Å². The quantitative estimate of drug-likeness (QED) is 0.146. The molecule has 0 saturated heterocycles. The van der Waals surface area contributed by atoms with E-state index < -0.39 is 6.10 Å². The first kappa shape index (κ1) is 29.4. The summed E-state index contributed by atoms with van der Waals surface area (Å²) in [7, 11) is 0. The van der Waals surface area contributed by atoms with Crippen molar-refractivity contribution in [2.75, 3.05) is 6.54 Å². The maximum absolute atomic E-state index is 11.6. The molecule has 4 rings (SSSR count). The van der Waals surface area contributed by atoms with Gasteiger partial charge < -0.3 is 14.6 Å². The topological polar surface area (TPSA) is 41.9 Å². The highest BCUT2D eigenvalue weighted by molar-refractivity contribution is 5.40. The van der Waals surface area contributed by atoms with Gasteiger partial charge in [0.2, 0.25) is 0 Å². The molecule has 0 radical (unpaired) electrons. The highest BCUT2D eigenvalue weighted by Gasteiger charge is 2.20. The number of hydrogen-bond donors (Lipinski definition) is 1. The molecule has 0 unspecified atom stereocenters. The normalized spacial score (nSPS) is 12.7. The van der Waals surface area contributed by atoms with Crippen molar-refractivity contribution in [2.24, 2.45) is 0 Å². The minimum Gasteiger partial charge on any atom is -0.489 e. The second-order valence-corrected chi connectivity index (χ2v) is 10.6. The third-order valence-corrected chi connectivity index (χ3v) is 7.27. The Morgan fingerprint density at radius 3 is 1.68 bits per heavy atom. The lowest BCUT2D eigenvalue weighted by Gasteiger charge is -2.31. The Morgan fingerprint density at radius 2 is 1.18 bits per heavy atom. The van der Waals surface area contributed by atoms with Gasteiger partial charge in [-0.05, 0) is 47.7 Å². The van der Waals surface area contributed by atoms with E-state index in [1.165, 1.54) is 24.8 Å². The first-order valence-electron chi connectivity index (χ1n) is 14.5. The number of unbranched alkanes of at least 4 members (excludes halogenated alkanes) is 2. The van der Waals surface area contributed by atoms with E-state index in [0.717, 1.165) is 29.7 Å². The fraction of sp³-hybridized carbons (Fsp3) is 0.333. The Hall–Kier alpha value is -3.60. The van der Waals surface area contributed by atoms with E-state index in [-0.39, 0.29) is 0 Å². The van der Waals surface area contributed by atoms with Crippen molar-refractivity contribution in [3.05, 3.63) is 131 Å². The van der Waals surface area contributed by atoms with Gasteiger partial charge in [-0.15, -0.1) is 0 Å². The molecule has 0 aromatic heterocycles. The molecule has 0 heterocycles. The zero-order chi connectivity index (χ0) is 28.0. The van der Waals surface area contributed by atoms with Crippen LogP contribution in [0.3, 0.4) is 0 Å². The van der Waals surface area contributed by atoms with Gasteiger partial charge in [0.1, 0.15) is 24.7 Å². The number of ether oxygens (including phenoxy) is 2. The van der Waals surface area contributed by atoms with Gasteiger partial charge in [-0.25, -0.2) is 0 Å². The molecule has 40 heavy (non-hydrogen) atoms. The van der Waals surface area contributed by atoms with Crippen molar-refractivity contribution in [3.63, 3.8) is 0 Å².